The Bertz CT molecular complexity index is 487. The van der Waals surface area contributed by atoms with Gasteiger partial charge in [-0.3, -0.25) is 4.79 Å². The summed E-state index contributed by atoms with van der Waals surface area (Å²) in [4.78, 5) is 22.8. The van der Waals surface area contributed by atoms with Crippen LogP contribution in [0.3, 0.4) is 0 Å². The van der Waals surface area contributed by atoms with E-state index < -0.39 is 5.97 Å². The van der Waals surface area contributed by atoms with Crippen molar-refractivity contribution in [2.75, 3.05) is 25.7 Å². The molecule has 6 heteroatoms. The number of hydrogen-bond donors (Lipinski definition) is 0. The zero-order chi connectivity index (χ0) is 15.7. The second-order valence-electron chi connectivity index (χ2n) is 4.20. The molecule has 0 N–H and O–H groups in total. The van der Waals surface area contributed by atoms with Crippen molar-refractivity contribution >= 4 is 23.4 Å². The molecule has 116 valence electrons. The molecule has 0 spiro atoms. The molecular weight excluding hydrogens is 296 g/mol. The molecule has 1 aromatic carbocycles. The van der Waals surface area contributed by atoms with Crippen molar-refractivity contribution in [2.24, 2.45) is 0 Å². The molecule has 0 fully saturated rings. The molecule has 0 aliphatic rings. The first-order valence-corrected chi connectivity index (χ1v) is 7.24. The zero-order valence-electron chi connectivity index (χ0n) is 12.2. The fourth-order valence-corrected chi connectivity index (χ4v) is 1.69. The summed E-state index contributed by atoms with van der Waals surface area (Å²) in [5.74, 6) is 0.794. The first-order valence-electron chi connectivity index (χ1n) is 6.70. The second-order valence-corrected chi connectivity index (χ2v) is 4.58. The monoisotopic (exact) mass is 314 g/mol. The molecule has 0 aromatic heterocycles. The Kier molecular flexibility index (Phi) is 7.61. The number of carbonyl (C=O) groups is 2. The Morgan fingerprint density at radius 1 is 1.24 bits per heavy atom. The van der Waals surface area contributed by atoms with E-state index in [0.717, 1.165) is 0 Å². The fourth-order valence-electron chi connectivity index (χ4n) is 1.58. The maximum atomic E-state index is 11.5. The lowest BCUT2D eigenvalue weighted by molar-refractivity contribution is -0.145. The minimum absolute atomic E-state index is 0.104. The van der Waals surface area contributed by atoms with Crippen molar-refractivity contribution in [2.45, 2.75) is 20.3 Å². The Hall–Kier alpha value is -1.75. The quantitative estimate of drug-likeness (QED) is 0.303. The fraction of sp³-hybridized carbons (Fsp3) is 0.467. The molecule has 0 aliphatic carbocycles. The average molecular weight is 315 g/mol. The normalized spacial score (nSPS) is 10.0. The van der Waals surface area contributed by atoms with E-state index in [1.807, 2.05) is 0 Å². The van der Waals surface area contributed by atoms with Gasteiger partial charge >= 0.3 is 5.97 Å². The third kappa shape index (κ3) is 6.04. The number of rotatable bonds is 9. The number of alkyl halides is 1. The summed E-state index contributed by atoms with van der Waals surface area (Å²) in [6.07, 6.45) is 0.673. The first-order chi connectivity index (χ1) is 10.1. The van der Waals surface area contributed by atoms with Crippen molar-refractivity contribution in [1.29, 1.82) is 0 Å². The van der Waals surface area contributed by atoms with Crippen LogP contribution in [0.2, 0.25) is 0 Å². The van der Waals surface area contributed by atoms with E-state index in [9.17, 15) is 9.59 Å². The Labute approximate surface area is 129 Å². The van der Waals surface area contributed by atoms with Crippen LogP contribution >= 0.6 is 11.6 Å². The van der Waals surface area contributed by atoms with Gasteiger partial charge in [0.1, 0.15) is 11.5 Å². The molecule has 0 heterocycles. The van der Waals surface area contributed by atoms with Crippen LogP contribution in [0.25, 0.3) is 0 Å². The highest BCUT2D eigenvalue weighted by molar-refractivity contribution is 6.17. The molecule has 0 radical (unpaired) electrons. The molecule has 5 nitrogen and oxygen atoms in total. The SMILES string of the molecule is CCOC(=O)COc1ccc(C(C)=O)c(OCCCCl)c1. The van der Waals surface area contributed by atoms with Crippen molar-refractivity contribution in [1.82, 2.24) is 0 Å². The highest BCUT2D eigenvalue weighted by Crippen LogP contribution is 2.25. The molecule has 0 amide bonds. The van der Waals surface area contributed by atoms with Gasteiger partial charge in [0.15, 0.2) is 12.4 Å². The molecule has 21 heavy (non-hydrogen) atoms. The summed E-state index contributed by atoms with van der Waals surface area (Å²) in [6, 6.07) is 4.81. The minimum atomic E-state index is -0.447. The summed E-state index contributed by atoms with van der Waals surface area (Å²) in [5.41, 5.74) is 0.466. The topological polar surface area (TPSA) is 61.8 Å². The number of ketones is 1. The minimum Gasteiger partial charge on any atom is -0.493 e. The molecule has 0 saturated heterocycles. The maximum Gasteiger partial charge on any atom is 0.344 e. The van der Waals surface area contributed by atoms with Gasteiger partial charge in [-0.15, -0.1) is 11.6 Å². The van der Waals surface area contributed by atoms with Gasteiger partial charge in [-0.25, -0.2) is 4.79 Å². The van der Waals surface area contributed by atoms with Gasteiger partial charge in [0.2, 0.25) is 0 Å². The van der Waals surface area contributed by atoms with Crippen molar-refractivity contribution in [3.05, 3.63) is 23.8 Å². The van der Waals surface area contributed by atoms with Crippen LogP contribution in [0.1, 0.15) is 30.6 Å². The Balaban J connectivity index is 2.75. The standard InChI is InChI=1S/C15H19ClO5/c1-3-19-15(18)10-21-12-5-6-13(11(2)17)14(9-12)20-8-4-7-16/h5-6,9H,3-4,7-8,10H2,1-2H3. The Morgan fingerprint density at radius 3 is 2.62 bits per heavy atom. The summed E-state index contributed by atoms with van der Waals surface area (Å²) in [7, 11) is 0. The zero-order valence-corrected chi connectivity index (χ0v) is 12.9. The lowest BCUT2D eigenvalue weighted by atomic mass is 10.1. The number of halogens is 1. The van der Waals surface area contributed by atoms with Crippen LogP contribution in [0.5, 0.6) is 11.5 Å². The van der Waals surface area contributed by atoms with E-state index in [1.54, 1.807) is 25.1 Å². The van der Waals surface area contributed by atoms with Gasteiger partial charge in [0.05, 0.1) is 18.8 Å². The first kappa shape index (κ1) is 17.3. The van der Waals surface area contributed by atoms with E-state index in [-0.39, 0.29) is 12.4 Å². The third-order valence-electron chi connectivity index (χ3n) is 2.53. The predicted molar refractivity (Wildman–Crippen MR) is 79.4 cm³/mol. The van der Waals surface area contributed by atoms with E-state index in [2.05, 4.69) is 0 Å². The maximum absolute atomic E-state index is 11.5. The van der Waals surface area contributed by atoms with Gasteiger partial charge in [-0.05, 0) is 32.4 Å². The van der Waals surface area contributed by atoms with Crippen molar-refractivity contribution in [3.63, 3.8) is 0 Å². The summed E-state index contributed by atoms with van der Waals surface area (Å²) in [5, 5.41) is 0. The van der Waals surface area contributed by atoms with E-state index in [0.29, 0.717) is 42.6 Å². The van der Waals surface area contributed by atoms with Crippen LogP contribution in [0.4, 0.5) is 0 Å². The third-order valence-corrected chi connectivity index (χ3v) is 2.80. The molecule has 0 saturated carbocycles. The van der Waals surface area contributed by atoms with Gasteiger partial charge in [0, 0.05) is 11.9 Å². The smallest absolute Gasteiger partial charge is 0.344 e. The van der Waals surface area contributed by atoms with Crippen molar-refractivity contribution < 1.29 is 23.8 Å². The summed E-state index contributed by atoms with van der Waals surface area (Å²) in [6.45, 7) is 3.71. The summed E-state index contributed by atoms with van der Waals surface area (Å²) >= 11 is 5.59. The predicted octanol–water partition coefficient (Wildman–Crippen LogP) is 2.84. The van der Waals surface area contributed by atoms with E-state index in [1.165, 1.54) is 6.92 Å². The lowest BCUT2D eigenvalue weighted by Crippen LogP contribution is -2.14. The lowest BCUT2D eigenvalue weighted by Gasteiger charge is -2.12. The molecular formula is C15H19ClO5. The average Bonchev–Trinajstić information content (AvgIpc) is 2.45. The largest absolute Gasteiger partial charge is 0.493 e. The number of carbonyl (C=O) groups excluding carboxylic acids is 2. The molecule has 0 atom stereocenters. The summed E-state index contributed by atoms with van der Waals surface area (Å²) < 4.78 is 15.6. The molecule has 1 aromatic rings. The van der Waals surface area contributed by atoms with Crippen LogP contribution in [-0.2, 0) is 9.53 Å². The molecule has 0 unspecified atom stereocenters. The van der Waals surface area contributed by atoms with Gasteiger partial charge in [0.25, 0.3) is 0 Å². The van der Waals surface area contributed by atoms with Crippen LogP contribution in [-0.4, -0.2) is 37.5 Å². The number of hydrogen-bond acceptors (Lipinski definition) is 5. The van der Waals surface area contributed by atoms with Crippen LogP contribution < -0.4 is 9.47 Å². The van der Waals surface area contributed by atoms with Crippen molar-refractivity contribution in [3.8, 4) is 11.5 Å². The molecule has 0 bridgehead atoms. The van der Waals surface area contributed by atoms with Gasteiger partial charge < -0.3 is 14.2 Å². The van der Waals surface area contributed by atoms with Crippen LogP contribution in [0, 0.1) is 0 Å². The second kappa shape index (κ2) is 9.23. The highest BCUT2D eigenvalue weighted by atomic mass is 35.5. The number of esters is 1. The molecule has 0 aliphatic heterocycles. The number of benzene rings is 1. The van der Waals surface area contributed by atoms with Gasteiger partial charge in [-0.1, -0.05) is 0 Å². The van der Waals surface area contributed by atoms with Crippen LogP contribution in [0.15, 0.2) is 18.2 Å². The van der Waals surface area contributed by atoms with E-state index >= 15 is 0 Å². The number of Topliss-reactive ketones (excluding diaryl/α,β-unsaturated/α-hetero) is 1. The molecule has 1 rings (SSSR count). The van der Waals surface area contributed by atoms with E-state index in [4.69, 9.17) is 25.8 Å². The number of ether oxygens (including phenoxy) is 3. The highest BCUT2D eigenvalue weighted by Gasteiger charge is 2.11. The van der Waals surface area contributed by atoms with Gasteiger partial charge in [-0.2, -0.15) is 0 Å². The Morgan fingerprint density at radius 2 is 2.00 bits per heavy atom.